The lowest BCUT2D eigenvalue weighted by molar-refractivity contribution is -0.192. The largest absolute Gasteiger partial charge is 0.508 e. The van der Waals surface area contributed by atoms with Crippen LogP contribution in [0, 0.1) is 0 Å². The van der Waals surface area contributed by atoms with Crippen LogP contribution in [0.25, 0.3) is 16.6 Å². The lowest BCUT2D eigenvalue weighted by atomic mass is 9.97. The number of piperazine rings is 1. The fourth-order valence-electron chi connectivity index (χ4n) is 7.27. The van der Waals surface area contributed by atoms with Crippen molar-refractivity contribution in [2.75, 3.05) is 13.1 Å². The molecule has 4 aromatic carbocycles. The first-order chi connectivity index (χ1) is 25.9. The van der Waals surface area contributed by atoms with Crippen LogP contribution in [-0.2, 0) is 35.6 Å². The van der Waals surface area contributed by atoms with Gasteiger partial charge in [0.25, 0.3) is 0 Å². The Labute approximate surface area is 306 Å². The third-order valence-corrected chi connectivity index (χ3v) is 9.81. The standard InChI is InChI=1S/C41H38N8O4/c50-34-18-16-29(17-19-34)21-37-40(52)45(26-32-11-7-15-36-35(32)14-8-20-42-36)27-38-48(37)39(51)28-46(49(38)41(53)43-22-30-9-3-1-4-10-30)24-31-23-44-47(25-31)33-12-5-2-6-13-33/h1-20,23,25,37-38,50H,21-22,24,26-28H2,(H,43,53)/t37-,38-/m0/s1. The van der Waals surface area contributed by atoms with E-state index in [1.165, 1.54) is 0 Å². The van der Waals surface area contributed by atoms with E-state index in [2.05, 4.69) is 15.4 Å². The Morgan fingerprint density at radius 1 is 0.811 bits per heavy atom. The number of phenols is 1. The minimum Gasteiger partial charge on any atom is -0.508 e. The number of amides is 4. The summed E-state index contributed by atoms with van der Waals surface area (Å²) in [5, 5.41) is 21.9. The number of fused-ring (bicyclic) bond motifs is 2. The number of hydrogen-bond acceptors (Lipinski definition) is 7. The van der Waals surface area contributed by atoms with Gasteiger partial charge >= 0.3 is 6.03 Å². The van der Waals surface area contributed by atoms with Crippen molar-refractivity contribution in [3.05, 3.63) is 156 Å². The van der Waals surface area contributed by atoms with Crippen LogP contribution in [0.3, 0.4) is 0 Å². The number of pyridine rings is 1. The second-order valence-electron chi connectivity index (χ2n) is 13.3. The van der Waals surface area contributed by atoms with Crippen molar-refractivity contribution in [1.82, 2.24) is 39.9 Å². The van der Waals surface area contributed by atoms with E-state index in [4.69, 9.17) is 0 Å². The maximum Gasteiger partial charge on any atom is 0.334 e. The first-order valence-corrected chi connectivity index (χ1v) is 17.6. The van der Waals surface area contributed by atoms with Crippen LogP contribution >= 0.6 is 0 Å². The average molecular weight is 707 g/mol. The van der Waals surface area contributed by atoms with Gasteiger partial charge < -0.3 is 20.2 Å². The highest BCUT2D eigenvalue weighted by Gasteiger charge is 2.51. The molecule has 0 spiro atoms. The molecular weight excluding hydrogens is 669 g/mol. The molecule has 2 aliphatic rings. The molecule has 2 aliphatic heterocycles. The number of aromatic hydroxyl groups is 1. The molecule has 0 saturated carbocycles. The number of aromatic nitrogens is 3. The molecule has 6 aromatic rings. The predicted octanol–water partition coefficient (Wildman–Crippen LogP) is 4.88. The minimum absolute atomic E-state index is 0.0891. The van der Waals surface area contributed by atoms with Crippen molar-refractivity contribution < 1.29 is 19.5 Å². The number of phenolic OH excluding ortho intramolecular Hbond substituents is 1. The number of rotatable bonds is 9. The van der Waals surface area contributed by atoms with Gasteiger partial charge in [0, 0.05) is 49.4 Å². The zero-order chi connectivity index (χ0) is 36.3. The molecule has 0 bridgehead atoms. The van der Waals surface area contributed by atoms with Gasteiger partial charge in [-0.1, -0.05) is 78.9 Å². The highest BCUT2D eigenvalue weighted by molar-refractivity contribution is 5.92. The first-order valence-electron chi connectivity index (χ1n) is 17.6. The summed E-state index contributed by atoms with van der Waals surface area (Å²) in [6.07, 6.45) is 4.76. The van der Waals surface area contributed by atoms with Gasteiger partial charge in [-0.05, 0) is 53.1 Å². The number of para-hydroxylation sites is 1. The summed E-state index contributed by atoms with van der Waals surface area (Å²) in [4.78, 5) is 51.2. The van der Waals surface area contributed by atoms with E-state index in [0.29, 0.717) is 0 Å². The third-order valence-electron chi connectivity index (χ3n) is 9.81. The Hall–Kier alpha value is -6.53. The zero-order valence-corrected chi connectivity index (χ0v) is 28.9. The van der Waals surface area contributed by atoms with Gasteiger partial charge in [-0.15, -0.1) is 0 Å². The lowest BCUT2D eigenvalue weighted by Gasteiger charge is -2.55. The molecule has 4 amide bonds. The zero-order valence-electron chi connectivity index (χ0n) is 28.9. The van der Waals surface area contributed by atoms with Gasteiger partial charge in [-0.3, -0.25) is 14.6 Å². The van der Waals surface area contributed by atoms with Crippen molar-refractivity contribution >= 4 is 28.7 Å². The molecular formula is C41H38N8O4. The topological polar surface area (TPSA) is 127 Å². The minimum atomic E-state index is -0.897. The van der Waals surface area contributed by atoms with E-state index >= 15 is 0 Å². The predicted molar refractivity (Wildman–Crippen MR) is 198 cm³/mol. The van der Waals surface area contributed by atoms with Crippen LogP contribution in [0.1, 0.15) is 22.3 Å². The van der Waals surface area contributed by atoms with Gasteiger partial charge in [-0.2, -0.15) is 5.10 Å². The summed E-state index contributed by atoms with van der Waals surface area (Å²) in [5.74, 6) is -0.371. The Bertz CT molecular complexity index is 2240. The molecule has 8 rings (SSSR count). The second kappa shape index (κ2) is 14.6. The van der Waals surface area contributed by atoms with Gasteiger partial charge in [0.05, 0.1) is 30.5 Å². The molecule has 53 heavy (non-hydrogen) atoms. The number of carbonyl (C=O) groups is 3. The number of nitrogens with zero attached hydrogens (tertiary/aromatic N) is 7. The van der Waals surface area contributed by atoms with Crippen molar-refractivity contribution in [2.24, 2.45) is 0 Å². The van der Waals surface area contributed by atoms with E-state index < -0.39 is 12.2 Å². The van der Waals surface area contributed by atoms with Crippen LogP contribution in [0.4, 0.5) is 4.79 Å². The van der Waals surface area contributed by atoms with Crippen molar-refractivity contribution in [3.8, 4) is 11.4 Å². The monoisotopic (exact) mass is 706 g/mol. The lowest BCUT2D eigenvalue weighted by Crippen LogP contribution is -2.76. The van der Waals surface area contributed by atoms with E-state index in [-0.39, 0.29) is 62.7 Å². The van der Waals surface area contributed by atoms with E-state index in [1.54, 1.807) is 61.2 Å². The number of urea groups is 1. The van der Waals surface area contributed by atoms with E-state index in [9.17, 15) is 19.5 Å². The number of hydrazine groups is 1. The Morgan fingerprint density at radius 3 is 2.38 bits per heavy atom. The van der Waals surface area contributed by atoms with Crippen LogP contribution in [0.5, 0.6) is 5.75 Å². The first kappa shape index (κ1) is 33.6. The molecule has 2 N–H and O–H groups in total. The van der Waals surface area contributed by atoms with Crippen molar-refractivity contribution in [1.29, 1.82) is 0 Å². The Kier molecular flexibility index (Phi) is 9.26. The van der Waals surface area contributed by atoms with Crippen LogP contribution in [0.2, 0.25) is 0 Å². The maximum absolute atomic E-state index is 14.6. The highest BCUT2D eigenvalue weighted by atomic mass is 16.3. The smallest absolute Gasteiger partial charge is 0.334 e. The molecule has 0 radical (unpaired) electrons. The number of nitrogens with one attached hydrogen (secondary N) is 1. The third kappa shape index (κ3) is 7.04. The average Bonchev–Trinajstić information content (AvgIpc) is 3.66. The number of benzene rings is 4. The maximum atomic E-state index is 14.6. The van der Waals surface area contributed by atoms with Crippen LogP contribution in [0.15, 0.2) is 134 Å². The number of hydrogen-bond donors (Lipinski definition) is 2. The summed E-state index contributed by atoms with van der Waals surface area (Å²) in [5.41, 5.74) is 5.13. The summed E-state index contributed by atoms with van der Waals surface area (Å²) in [6, 6.07) is 34.4. The Balaban J connectivity index is 1.16. The van der Waals surface area contributed by atoms with Crippen molar-refractivity contribution in [2.45, 2.75) is 38.3 Å². The Morgan fingerprint density at radius 2 is 1.58 bits per heavy atom. The number of carbonyl (C=O) groups excluding carboxylic acids is 3. The molecule has 2 fully saturated rings. The normalized spacial score (nSPS) is 17.6. The van der Waals surface area contributed by atoms with Gasteiger partial charge in [-0.25, -0.2) is 19.5 Å². The van der Waals surface area contributed by atoms with E-state index in [1.807, 2.05) is 97.2 Å². The highest BCUT2D eigenvalue weighted by Crippen LogP contribution is 2.31. The summed E-state index contributed by atoms with van der Waals surface area (Å²) in [7, 11) is 0. The van der Waals surface area contributed by atoms with Gasteiger partial charge in [0.2, 0.25) is 11.8 Å². The molecule has 12 nitrogen and oxygen atoms in total. The van der Waals surface area contributed by atoms with E-state index in [0.717, 1.165) is 38.8 Å². The fourth-order valence-corrected chi connectivity index (χ4v) is 7.27. The van der Waals surface area contributed by atoms with Crippen molar-refractivity contribution in [3.63, 3.8) is 0 Å². The molecule has 2 aromatic heterocycles. The molecule has 266 valence electrons. The van der Waals surface area contributed by atoms with Gasteiger partial charge in [0.1, 0.15) is 18.0 Å². The quantitative estimate of drug-likeness (QED) is 0.220. The van der Waals surface area contributed by atoms with Crippen LogP contribution in [-0.4, -0.2) is 82.8 Å². The molecule has 2 atom stereocenters. The van der Waals surface area contributed by atoms with Crippen LogP contribution < -0.4 is 5.32 Å². The summed E-state index contributed by atoms with van der Waals surface area (Å²) >= 11 is 0. The summed E-state index contributed by atoms with van der Waals surface area (Å²) in [6.45, 7) is 0.730. The fraction of sp³-hybridized carbons (Fsp3) is 0.195. The molecule has 0 unspecified atom stereocenters. The molecule has 0 aliphatic carbocycles. The molecule has 4 heterocycles. The summed E-state index contributed by atoms with van der Waals surface area (Å²) < 4.78 is 1.76. The molecule has 12 heteroatoms. The molecule has 2 saturated heterocycles. The van der Waals surface area contributed by atoms with Gasteiger partial charge in [0.15, 0.2) is 0 Å². The second-order valence-corrected chi connectivity index (χ2v) is 13.3. The SMILES string of the molecule is O=C1[C@H](Cc2ccc(O)cc2)N2C(=O)CN(Cc3cnn(-c4ccccc4)c3)N(C(=O)NCc3ccccc3)[C@H]2CN1Cc1cccc2ncccc12.